The van der Waals surface area contributed by atoms with Gasteiger partial charge in [0.1, 0.15) is 5.75 Å². The summed E-state index contributed by atoms with van der Waals surface area (Å²) in [5, 5.41) is 0.555. The lowest BCUT2D eigenvalue weighted by molar-refractivity contribution is -0.143. The standard InChI is InChI=1S/C32H35ClF2N2O4S/c33-27-14-10-25(11-15-27)24-8-12-26(13-9-24)32(34,35)30(31(38)37-20-4-5-21-37)36-42(39,40)29-18-16-28(17-19-29)41-22-23-6-2-1-3-7-23/h8-19,23,30,36H,1-7,20-22H2/t30-/m1/s1. The van der Waals surface area contributed by atoms with Crippen LogP contribution in [0.4, 0.5) is 8.78 Å². The van der Waals surface area contributed by atoms with Crippen LogP contribution in [0.2, 0.25) is 5.02 Å². The zero-order chi connectivity index (χ0) is 29.7. The number of hydrogen-bond donors (Lipinski definition) is 1. The molecule has 0 spiro atoms. The Kier molecular flexibility index (Phi) is 9.50. The predicted molar refractivity (Wildman–Crippen MR) is 159 cm³/mol. The monoisotopic (exact) mass is 616 g/mol. The van der Waals surface area contributed by atoms with Crippen molar-refractivity contribution >= 4 is 27.5 Å². The van der Waals surface area contributed by atoms with Gasteiger partial charge in [0, 0.05) is 23.7 Å². The number of amides is 1. The van der Waals surface area contributed by atoms with Crippen LogP contribution in [0.5, 0.6) is 5.75 Å². The van der Waals surface area contributed by atoms with E-state index in [4.69, 9.17) is 16.3 Å². The molecular formula is C32H35ClF2N2O4S. The summed E-state index contributed by atoms with van der Waals surface area (Å²) in [4.78, 5) is 14.4. The Bertz CT molecular complexity index is 1450. The molecule has 3 aromatic carbocycles. The Hall–Kier alpha value is -3.01. The molecule has 0 unspecified atom stereocenters. The number of likely N-dealkylation sites (tertiary alicyclic amines) is 1. The largest absolute Gasteiger partial charge is 0.493 e. The molecule has 2 fully saturated rings. The van der Waals surface area contributed by atoms with Crippen LogP contribution in [0.25, 0.3) is 11.1 Å². The number of alkyl halides is 2. The van der Waals surface area contributed by atoms with Gasteiger partial charge in [0.15, 0.2) is 6.04 Å². The summed E-state index contributed by atoms with van der Waals surface area (Å²) in [5.41, 5.74) is 0.998. The number of ether oxygens (including phenoxy) is 1. The SMILES string of the molecule is O=C([C@@H](NS(=O)(=O)c1ccc(OCC2CCCCC2)cc1)C(F)(F)c1ccc(-c2ccc(Cl)cc2)cc1)N1CCCC1. The van der Waals surface area contributed by atoms with Crippen LogP contribution in [0.15, 0.2) is 77.7 Å². The summed E-state index contributed by atoms with van der Waals surface area (Å²) in [7, 11) is -4.48. The number of rotatable bonds is 10. The number of nitrogens with zero attached hydrogens (tertiary/aromatic N) is 1. The minimum Gasteiger partial charge on any atom is -0.493 e. The average molecular weight is 617 g/mol. The first-order chi connectivity index (χ1) is 20.1. The van der Waals surface area contributed by atoms with E-state index in [2.05, 4.69) is 4.72 Å². The number of halogens is 3. The molecule has 1 aliphatic carbocycles. The van der Waals surface area contributed by atoms with Gasteiger partial charge in [-0.2, -0.15) is 13.5 Å². The Morgan fingerprint density at radius 1 is 0.881 bits per heavy atom. The van der Waals surface area contributed by atoms with E-state index in [0.717, 1.165) is 18.4 Å². The third kappa shape index (κ3) is 7.13. The summed E-state index contributed by atoms with van der Waals surface area (Å²) < 4.78 is 66.8. The maximum atomic E-state index is 16.1. The lowest BCUT2D eigenvalue weighted by Crippen LogP contribution is -2.55. The van der Waals surface area contributed by atoms with E-state index < -0.39 is 33.5 Å². The molecule has 1 amide bonds. The minimum absolute atomic E-state index is 0.222. The number of nitrogens with one attached hydrogen (secondary N) is 1. The number of carbonyl (C=O) groups excluding carboxylic acids is 1. The maximum absolute atomic E-state index is 16.1. The van der Waals surface area contributed by atoms with Crippen molar-refractivity contribution in [3.05, 3.63) is 83.4 Å². The van der Waals surface area contributed by atoms with Crippen molar-refractivity contribution in [2.75, 3.05) is 19.7 Å². The van der Waals surface area contributed by atoms with Crippen LogP contribution in [-0.4, -0.2) is 45.0 Å². The molecule has 2 aliphatic rings. The van der Waals surface area contributed by atoms with Gasteiger partial charge in [-0.1, -0.05) is 67.3 Å². The molecule has 42 heavy (non-hydrogen) atoms. The number of carbonyl (C=O) groups is 1. The van der Waals surface area contributed by atoms with Gasteiger partial charge < -0.3 is 9.64 Å². The Balaban J connectivity index is 1.36. The smallest absolute Gasteiger partial charge is 0.298 e. The van der Waals surface area contributed by atoms with Crippen molar-refractivity contribution in [3.8, 4) is 16.9 Å². The van der Waals surface area contributed by atoms with Crippen LogP contribution >= 0.6 is 11.6 Å². The summed E-state index contributed by atoms with van der Waals surface area (Å²) in [6, 6.07) is 15.8. The molecule has 1 saturated carbocycles. The quantitative estimate of drug-likeness (QED) is 0.265. The van der Waals surface area contributed by atoms with Gasteiger partial charge in [0.05, 0.1) is 11.5 Å². The molecule has 0 aromatic heterocycles. The van der Waals surface area contributed by atoms with Gasteiger partial charge in [-0.05, 0) is 79.1 Å². The Labute approximate surface area is 251 Å². The van der Waals surface area contributed by atoms with Crippen LogP contribution < -0.4 is 9.46 Å². The highest BCUT2D eigenvalue weighted by atomic mass is 35.5. The van der Waals surface area contributed by atoms with E-state index in [1.807, 2.05) is 0 Å². The van der Waals surface area contributed by atoms with E-state index in [1.165, 1.54) is 72.7 Å². The van der Waals surface area contributed by atoms with E-state index in [0.29, 0.717) is 54.8 Å². The minimum atomic E-state index is -4.48. The lowest BCUT2D eigenvalue weighted by Gasteiger charge is -2.30. The lowest BCUT2D eigenvalue weighted by atomic mass is 9.90. The molecule has 0 bridgehead atoms. The maximum Gasteiger partial charge on any atom is 0.298 e. The zero-order valence-corrected chi connectivity index (χ0v) is 24.8. The topological polar surface area (TPSA) is 75.7 Å². The highest BCUT2D eigenvalue weighted by Crippen LogP contribution is 2.36. The summed E-state index contributed by atoms with van der Waals surface area (Å²) in [6.45, 7) is 1.16. The third-order valence-corrected chi connectivity index (χ3v) is 9.78. The van der Waals surface area contributed by atoms with Crippen LogP contribution in [0.3, 0.4) is 0 Å². The van der Waals surface area contributed by atoms with E-state index in [1.54, 1.807) is 24.3 Å². The second-order valence-corrected chi connectivity index (χ2v) is 13.2. The highest BCUT2D eigenvalue weighted by molar-refractivity contribution is 7.89. The zero-order valence-electron chi connectivity index (χ0n) is 23.3. The average Bonchev–Trinajstić information content (AvgIpc) is 3.55. The summed E-state index contributed by atoms with van der Waals surface area (Å²) >= 11 is 5.95. The van der Waals surface area contributed by atoms with Gasteiger partial charge in [-0.25, -0.2) is 8.42 Å². The summed E-state index contributed by atoms with van der Waals surface area (Å²) in [6.07, 6.45) is 7.19. The molecule has 224 valence electrons. The van der Waals surface area contributed by atoms with Crippen LogP contribution in [0.1, 0.15) is 50.5 Å². The second-order valence-electron chi connectivity index (χ2n) is 11.1. The first kappa shape index (κ1) is 30.4. The fraction of sp³-hybridized carbons (Fsp3) is 0.406. The van der Waals surface area contributed by atoms with E-state index >= 15 is 8.78 Å². The van der Waals surface area contributed by atoms with Crippen molar-refractivity contribution in [2.24, 2.45) is 5.92 Å². The Morgan fingerprint density at radius 3 is 2.05 bits per heavy atom. The van der Waals surface area contributed by atoms with Gasteiger partial charge in [0.25, 0.3) is 5.92 Å². The highest BCUT2D eigenvalue weighted by Gasteiger charge is 2.50. The third-order valence-electron chi connectivity index (χ3n) is 8.09. The Morgan fingerprint density at radius 2 is 1.45 bits per heavy atom. The van der Waals surface area contributed by atoms with Gasteiger partial charge >= 0.3 is 0 Å². The summed E-state index contributed by atoms with van der Waals surface area (Å²) in [5.74, 6) is -3.79. The van der Waals surface area contributed by atoms with Crippen LogP contribution in [0, 0.1) is 5.92 Å². The molecule has 3 aromatic rings. The van der Waals surface area contributed by atoms with Gasteiger partial charge in [-0.3, -0.25) is 4.79 Å². The molecule has 10 heteroatoms. The molecule has 1 atom stereocenters. The number of sulfonamides is 1. The molecule has 5 rings (SSSR count). The van der Waals surface area contributed by atoms with Crippen molar-refractivity contribution in [1.82, 2.24) is 9.62 Å². The molecule has 1 N–H and O–H groups in total. The first-order valence-corrected chi connectivity index (χ1v) is 16.3. The molecular weight excluding hydrogens is 582 g/mol. The van der Waals surface area contributed by atoms with Gasteiger partial charge in [-0.15, -0.1) is 0 Å². The normalized spacial score (nSPS) is 17.3. The molecule has 0 radical (unpaired) electrons. The van der Waals surface area contributed by atoms with E-state index in [-0.39, 0.29) is 4.90 Å². The fourth-order valence-electron chi connectivity index (χ4n) is 5.60. The fourth-order valence-corrected chi connectivity index (χ4v) is 6.92. The number of hydrogen-bond acceptors (Lipinski definition) is 4. The van der Waals surface area contributed by atoms with Crippen molar-refractivity contribution < 1.29 is 26.7 Å². The van der Waals surface area contributed by atoms with Crippen molar-refractivity contribution in [1.29, 1.82) is 0 Å². The molecule has 1 saturated heterocycles. The predicted octanol–water partition coefficient (Wildman–Crippen LogP) is 7.03. The van der Waals surface area contributed by atoms with Gasteiger partial charge in [0.2, 0.25) is 15.9 Å². The molecule has 1 aliphatic heterocycles. The van der Waals surface area contributed by atoms with Crippen molar-refractivity contribution in [2.45, 2.75) is 61.8 Å². The molecule has 1 heterocycles. The first-order valence-electron chi connectivity index (χ1n) is 14.4. The van der Waals surface area contributed by atoms with Crippen molar-refractivity contribution in [3.63, 3.8) is 0 Å². The van der Waals surface area contributed by atoms with E-state index in [9.17, 15) is 13.2 Å². The second kappa shape index (κ2) is 13.1. The van der Waals surface area contributed by atoms with Crippen LogP contribution in [-0.2, 0) is 20.7 Å². The molecule has 6 nitrogen and oxygen atoms in total. The number of benzene rings is 3.